The lowest BCUT2D eigenvalue weighted by molar-refractivity contribution is -0.303. The van der Waals surface area contributed by atoms with Gasteiger partial charge in [0.25, 0.3) is 0 Å². The van der Waals surface area contributed by atoms with Crippen LogP contribution < -0.4 is 5.32 Å². The zero-order valence-corrected chi connectivity index (χ0v) is 41.7. The van der Waals surface area contributed by atoms with Crippen LogP contribution in [0.25, 0.3) is 0 Å². The van der Waals surface area contributed by atoms with Crippen molar-refractivity contribution in [1.82, 2.24) is 5.32 Å². The molecule has 9 unspecified atom stereocenters. The Labute approximate surface area is 401 Å². The summed E-state index contributed by atoms with van der Waals surface area (Å²) in [5.41, 5.74) is 0. The number of rotatable bonds is 44. The number of carbonyl (C=O) groups is 1. The molecule has 0 aromatic rings. The lowest BCUT2D eigenvalue weighted by atomic mass is 9.98. The Morgan fingerprint density at radius 2 is 0.955 bits per heavy atom. The fourth-order valence-corrected chi connectivity index (χ4v) is 8.11. The van der Waals surface area contributed by atoms with Crippen molar-refractivity contribution in [1.29, 1.82) is 0 Å². The summed E-state index contributed by atoms with van der Waals surface area (Å²) in [5.74, 6) is -0.727. The number of ether oxygens (including phenoxy) is 2. The van der Waals surface area contributed by atoms with Gasteiger partial charge >= 0.3 is 0 Å². The number of allylic oxidation sites excluding steroid dienone is 10. The van der Waals surface area contributed by atoms with Gasteiger partial charge < -0.3 is 50.5 Å². The Morgan fingerprint density at radius 1 is 0.530 bits per heavy atom. The van der Waals surface area contributed by atoms with Gasteiger partial charge in [-0.2, -0.15) is 0 Å². The first kappa shape index (κ1) is 61.8. The molecule has 1 aliphatic rings. The normalized spacial score (nSPS) is 21.3. The van der Waals surface area contributed by atoms with Crippen molar-refractivity contribution in [3.8, 4) is 0 Å². The topological polar surface area (TPSA) is 189 Å². The van der Waals surface area contributed by atoms with E-state index in [0.717, 1.165) is 64.2 Å². The first-order chi connectivity index (χ1) is 32.2. The molecule has 11 heteroatoms. The Hall–Kier alpha value is -2.19. The maximum atomic E-state index is 13.1. The highest BCUT2D eigenvalue weighted by molar-refractivity contribution is 5.80. The quantitative estimate of drug-likeness (QED) is 0.0166. The Kier molecular flexibility index (Phi) is 41.3. The molecule has 9 atom stereocenters. The zero-order chi connectivity index (χ0) is 48.3. The number of hydrogen-bond acceptors (Lipinski definition) is 10. The Bertz CT molecular complexity index is 1250. The van der Waals surface area contributed by atoms with Gasteiger partial charge in [-0.05, 0) is 89.9 Å². The van der Waals surface area contributed by atoms with Crippen LogP contribution in [0.2, 0.25) is 0 Å². The van der Waals surface area contributed by atoms with Gasteiger partial charge in [-0.15, -0.1) is 0 Å². The predicted octanol–water partition coefficient (Wildman–Crippen LogP) is 10.3. The van der Waals surface area contributed by atoms with Gasteiger partial charge in [0.1, 0.15) is 36.6 Å². The lowest BCUT2D eigenvalue weighted by Gasteiger charge is -2.40. The molecular weight excluding hydrogens is 835 g/mol. The molecule has 1 fully saturated rings. The molecule has 1 amide bonds. The van der Waals surface area contributed by atoms with Crippen LogP contribution >= 0.6 is 0 Å². The van der Waals surface area contributed by atoms with E-state index in [1.165, 1.54) is 103 Å². The molecule has 11 nitrogen and oxygen atoms in total. The van der Waals surface area contributed by atoms with Crippen LogP contribution in [-0.4, -0.2) is 110 Å². The molecule has 384 valence electrons. The lowest BCUT2D eigenvalue weighted by Crippen LogP contribution is -2.60. The summed E-state index contributed by atoms with van der Waals surface area (Å²) in [6.07, 6.45) is 44.2. The average molecular weight is 934 g/mol. The van der Waals surface area contributed by atoms with E-state index in [9.17, 15) is 40.5 Å². The molecule has 0 saturated carbocycles. The van der Waals surface area contributed by atoms with Crippen LogP contribution in [0.4, 0.5) is 0 Å². The molecule has 0 aliphatic carbocycles. The molecule has 1 heterocycles. The van der Waals surface area contributed by atoms with Gasteiger partial charge in [0, 0.05) is 0 Å². The summed E-state index contributed by atoms with van der Waals surface area (Å²) in [5, 5.41) is 75.8. The van der Waals surface area contributed by atoms with Crippen LogP contribution in [0.5, 0.6) is 0 Å². The van der Waals surface area contributed by atoms with E-state index < -0.39 is 74.2 Å². The zero-order valence-electron chi connectivity index (χ0n) is 41.7. The largest absolute Gasteiger partial charge is 0.394 e. The number of amides is 1. The second-order valence-corrected chi connectivity index (χ2v) is 18.6. The molecule has 1 saturated heterocycles. The first-order valence-electron chi connectivity index (χ1n) is 26.7. The SMILES string of the molecule is CCCCC/C=C\C=C/CCCCCCCC(O)C(=O)NC(COC1OC(CO)C(O)C(O)C1O)C(O)C(O)CCC/C=C/CC/C=C/CC/C=C/CCCCCCCCCCCCCC. The van der Waals surface area contributed by atoms with E-state index in [4.69, 9.17) is 9.47 Å². The second-order valence-electron chi connectivity index (χ2n) is 18.6. The molecule has 1 rings (SSSR count). The van der Waals surface area contributed by atoms with Gasteiger partial charge in [0.05, 0.1) is 25.4 Å². The molecule has 1 aliphatic heterocycles. The van der Waals surface area contributed by atoms with Crippen molar-refractivity contribution in [2.75, 3.05) is 13.2 Å². The number of unbranched alkanes of at least 4 members (excludes halogenated alkanes) is 23. The van der Waals surface area contributed by atoms with Crippen LogP contribution in [-0.2, 0) is 14.3 Å². The van der Waals surface area contributed by atoms with Crippen molar-refractivity contribution < 1.29 is 50.0 Å². The smallest absolute Gasteiger partial charge is 0.249 e. The number of carbonyl (C=O) groups excluding carboxylic acids is 1. The van der Waals surface area contributed by atoms with E-state index in [1.807, 2.05) is 0 Å². The van der Waals surface area contributed by atoms with E-state index in [2.05, 4.69) is 79.9 Å². The number of aliphatic hydroxyl groups is 7. The third-order valence-electron chi connectivity index (χ3n) is 12.5. The van der Waals surface area contributed by atoms with Gasteiger partial charge in [-0.3, -0.25) is 4.79 Å². The molecule has 0 radical (unpaired) electrons. The van der Waals surface area contributed by atoms with Gasteiger partial charge in [0.15, 0.2) is 6.29 Å². The molecule has 0 spiro atoms. The molecule has 66 heavy (non-hydrogen) atoms. The molecule has 0 bridgehead atoms. The third-order valence-corrected chi connectivity index (χ3v) is 12.5. The molecular formula is C55H99NO10. The van der Waals surface area contributed by atoms with Crippen LogP contribution in [0.15, 0.2) is 60.8 Å². The van der Waals surface area contributed by atoms with Crippen molar-refractivity contribution >= 4 is 5.91 Å². The third kappa shape index (κ3) is 32.5. The first-order valence-corrected chi connectivity index (χ1v) is 26.7. The highest BCUT2D eigenvalue weighted by atomic mass is 16.7. The Balaban J connectivity index is 2.40. The van der Waals surface area contributed by atoms with Crippen molar-refractivity contribution in [2.24, 2.45) is 0 Å². The highest BCUT2D eigenvalue weighted by Gasteiger charge is 2.44. The maximum Gasteiger partial charge on any atom is 0.249 e. The number of nitrogens with one attached hydrogen (secondary N) is 1. The fraction of sp³-hybridized carbons (Fsp3) is 0.800. The van der Waals surface area contributed by atoms with Crippen molar-refractivity contribution in [3.05, 3.63) is 60.8 Å². The number of aliphatic hydroxyl groups excluding tert-OH is 7. The van der Waals surface area contributed by atoms with E-state index in [0.29, 0.717) is 19.3 Å². The predicted molar refractivity (Wildman–Crippen MR) is 270 cm³/mol. The van der Waals surface area contributed by atoms with Crippen LogP contribution in [0, 0.1) is 0 Å². The molecule has 0 aromatic carbocycles. The summed E-state index contributed by atoms with van der Waals surface area (Å²) in [4.78, 5) is 13.1. The highest BCUT2D eigenvalue weighted by Crippen LogP contribution is 2.23. The summed E-state index contributed by atoms with van der Waals surface area (Å²) >= 11 is 0. The standard InChI is InChI=1S/C55H99NO10/c1-3-5-7-9-11-13-15-17-19-20-21-22-23-24-25-26-27-28-29-31-32-34-36-38-40-42-47(58)50(60)46(45-65-55-53(63)52(62)51(61)49(44-57)66-55)56-54(64)48(59)43-41-39-37-35-33-30-18-16-14-12-10-8-6-4-2/h12,14,16,18,24-25,28-29,34,36,46-53,55,57-63H,3-11,13,15,17,19-23,26-27,30-33,35,37-45H2,1-2H3,(H,56,64)/b14-12-,18-16-,25-24+,29-28+,36-34+. The summed E-state index contributed by atoms with van der Waals surface area (Å²) < 4.78 is 11.1. The average Bonchev–Trinajstić information content (AvgIpc) is 3.32. The summed E-state index contributed by atoms with van der Waals surface area (Å²) in [7, 11) is 0. The minimum absolute atomic E-state index is 0.229. The van der Waals surface area contributed by atoms with Crippen molar-refractivity contribution in [2.45, 2.75) is 268 Å². The summed E-state index contributed by atoms with van der Waals surface area (Å²) in [6, 6.07) is -1.20. The fourth-order valence-electron chi connectivity index (χ4n) is 8.11. The van der Waals surface area contributed by atoms with Crippen LogP contribution in [0.3, 0.4) is 0 Å². The summed E-state index contributed by atoms with van der Waals surface area (Å²) in [6.45, 7) is 3.38. The van der Waals surface area contributed by atoms with Gasteiger partial charge in [0.2, 0.25) is 5.91 Å². The minimum atomic E-state index is -1.68. The van der Waals surface area contributed by atoms with Gasteiger partial charge in [-0.25, -0.2) is 0 Å². The Morgan fingerprint density at radius 3 is 1.47 bits per heavy atom. The minimum Gasteiger partial charge on any atom is -0.394 e. The maximum absolute atomic E-state index is 13.1. The molecule has 0 aromatic heterocycles. The second kappa shape index (κ2) is 44.0. The number of hydrogen-bond donors (Lipinski definition) is 8. The van der Waals surface area contributed by atoms with E-state index in [1.54, 1.807) is 0 Å². The monoisotopic (exact) mass is 934 g/mol. The van der Waals surface area contributed by atoms with E-state index >= 15 is 0 Å². The van der Waals surface area contributed by atoms with Crippen molar-refractivity contribution in [3.63, 3.8) is 0 Å². The van der Waals surface area contributed by atoms with E-state index in [-0.39, 0.29) is 12.8 Å². The molecule has 8 N–H and O–H groups in total. The van der Waals surface area contributed by atoms with Crippen LogP contribution in [0.1, 0.15) is 213 Å². The van der Waals surface area contributed by atoms with Gasteiger partial charge in [-0.1, -0.05) is 184 Å².